The van der Waals surface area contributed by atoms with Crippen molar-refractivity contribution < 1.29 is 9.47 Å². The topological polar surface area (TPSA) is 31.4 Å². The Kier molecular flexibility index (Phi) is 3.71. The van der Waals surface area contributed by atoms with E-state index in [1.807, 2.05) is 24.4 Å². The van der Waals surface area contributed by atoms with Crippen LogP contribution in [0.5, 0.6) is 5.88 Å². The number of benzene rings is 1. The Morgan fingerprint density at radius 3 is 3.16 bits per heavy atom. The maximum absolute atomic E-state index is 5.86. The molecule has 1 aliphatic heterocycles. The van der Waals surface area contributed by atoms with Gasteiger partial charge in [-0.05, 0) is 37.5 Å². The van der Waals surface area contributed by atoms with Gasteiger partial charge in [0.15, 0.2) is 0 Å². The van der Waals surface area contributed by atoms with Gasteiger partial charge in [-0.25, -0.2) is 4.98 Å². The van der Waals surface area contributed by atoms with Crippen LogP contribution in [0.25, 0.3) is 10.8 Å². The molecular formula is C15H16BrNO2. The molecule has 2 aromatic rings. The van der Waals surface area contributed by atoms with E-state index in [0.717, 1.165) is 34.9 Å². The molecule has 0 spiro atoms. The van der Waals surface area contributed by atoms with E-state index in [0.29, 0.717) is 12.5 Å². The molecule has 19 heavy (non-hydrogen) atoms. The summed E-state index contributed by atoms with van der Waals surface area (Å²) in [7, 11) is 0. The number of rotatable bonds is 3. The summed E-state index contributed by atoms with van der Waals surface area (Å²) >= 11 is 3.59. The molecule has 2 heterocycles. The lowest BCUT2D eigenvalue weighted by molar-refractivity contribution is 0.0669. The smallest absolute Gasteiger partial charge is 0.221 e. The fourth-order valence-corrected chi connectivity index (χ4v) is 3.13. The van der Waals surface area contributed by atoms with Gasteiger partial charge in [0, 0.05) is 28.0 Å². The van der Waals surface area contributed by atoms with Gasteiger partial charge in [0.1, 0.15) is 6.61 Å². The van der Waals surface area contributed by atoms with Crippen LogP contribution >= 0.6 is 15.9 Å². The summed E-state index contributed by atoms with van der Waals surface area (Å²) in [5.74, 6) is 0.692. The van der Waals surface area contributed by atoms with Gasteiger partial charge in [-0.3, -0.25) is 0 Å². The summed E-state index contributed by atoms with van der Waals surface area (Å²) in [4.78, 5) is 4.41. The number of aryl methyl sites for hydroxylation is 1. The Hall–Kier alpha value is -1.13. The molecule has 1 unspecified atom stereocenters. The summed E-state index contributed by atoms with van der Waals surface area (Å²) < 4.78 is 12.5. The first-order valence-electron chi connectivity index (χ1n) is 6.54. The molecule has 0 aliphatic carbocycles. The van der Waals surface area contributed by atoms with Crippen molar-refractivity contribution in [2.45, 2.75) is 25.9 Å². The largest absolute Gasteiger partial charge is 0.474 e. The highest BCUT2D eigenvalue weighted by atomic mass is 79.9. The zero-order valence-electron chi connectivity index (χ0n) is 10.9. The highest BCUT2D eigenvalue weighted by Gasteiger charge is 2.17. The van der Waals surface area contributed by atoms with Gasteiger partial charge in [-0.15, -0.1) is 0 Å². The molecular weight excluding hydrogens is 306 g/mol. The number of aromatic nitrogens is 1. The van der Waals surface area contributed by atoms with Crippen molar-refractivity contribution in [2.75, 3.05) is 13.2 Å². The lowest BCUT2D eigenvalue weighted by Gasteiger charge is -2.13. The number of halogens is 1. The number of pyridine rings is 1. The summed E-state index contributed by atoms with van der Waals surface area (Å²) in [6.45, 7) is 3.49. The summed E-state index contributed by atoms with van der Waals surface area (Å²) in [5.41, 5.74) is 1.15. The first-order chi connectivity index (χ1) is 9.25. The van der Waals surface area contributed by atoms with Gasteiger partial charge in [-0.2, -0.15) is 0 Å². The van der Waals surface area contributed by atoms with Gasteiger partial charge >= 0.3 is 0 Å². The third kappa shape index (κ3) is 2.60. The Morgan fingerprint density at radius 2 is 2.37 bits per heavy atom. The fourth-order valence-electron chi connectivity index (χ4n) is 2.46. The first kappa shape index (κ1) is 12.9. The molecule has 1 aromatic heterocycles. The number of ether oxygens (including phenoxy) is 2. The molecule has 4 heteroatoms. The van der Waals surface area contributed by atoms with Gasteiger partial charge in [-0.1, -0.05) is 22.0 Å². The van der Waals surface area contributed by atoms with Crippen molar-refractivity contribution in [2.24, 2.45) is 0 Å². The maximum Gasteiger partial charge on any atom is 0.221 e. The SMILES string of the molecule is Cc1cnc(OCC2CCCO2)c2cccc(Br)c12. The summed E-state index contributed by atoms with van der Waals surface area (Å²) in [6.07, 6.45) is 4.28. The minimum Gasteiger partial charge on any atom is -0.474 e. The summed E-state index contributed by atoms with van der Waals surface area (Å²) in [6, 6.07) is 6.09. The number of hydrogen-bond acceptors (Lipinski definition) is 3. The van der Waals surface area contributed by atoms with Gasteiger partial charge < -0.3 is 9.47 Å². The number of nitrogens with zero attached hydrogens (tertiary/aromatic N) is 1. The van der Waals surface area contributed by atoms with E-state index in [4.69, 9.17) is 9.47 Å². The van der Waals surface area contributed by atoms with E-state index in [1.54, 1.807) is 0 Å². The third-order valence-corrected chi connectivity index (χ3v) is 4.10. The zero-order chi connectivity index (χ0) is 13.2. The second-order valence-electron chi connectivity index (χ2n) is 4.85. The van der Waals surface area contributed by atoms with Gasteiger partial charge in [0.05, 0.1) is 6.10 Å². The fraction of sp³-hybridized carbons (Fsp3) is 0.400. The molecule has 1 aromatic carbocycles. The molecule has 0 saturated carbocycles. The predicted molar refractivity (Wildman–Crippen MR) is 78.6 cm³/mol. The Bertz CT molecular complexity index is 586. The highest BCUT2D eigenvalue weighted by molar-refractivity contribution is 9.10. The van der Waals surface area contributed by atoms with E-state index in [9.17, 15) is 0 Å². The van der Waals surface area contributed by atoms with Crippen molar-refractivity contribution in [1.82, 2.24) is 4.98 Å². The molecule has 1 atom stereocenters. The van der Waals surface area contributed by atoms with Gasteiger partial charge in [0.2, 0.25) is 5.88 Å². The van der Waals surface area contributed by atoms with Crippen LogP contribution in [0.4, 0.5) is 0 Å². The molecule has 0 N–H and O–H groups in total. The minimum atomic E-state index is 0.213. The van der Waals surface area contributed by atoms with Crippen LogP contribution in [0.2, 0.25) is 0 Å². The highest BCUT2D eigenvalue weighted by Crippen LogP contribution is 2.32. The molecule has 0 amide bonds. The van der Waals surface area contributed by atoms with E-state index < -0.39 is 0 Å². The molecule has 1 aliphatic rings. The van der Waals surface area contributed by atoms with E-state index in [1.165, 1.54) is 5.39 Å². The van der Waals surface area contributed by atoms with E-state index in [-0.39, 0.29) is 6.10 Å². The average molecular weight is 322 g/mol. The van der Waals surface area contributed by atoms with Crippen LogP contribution in [-0.4, -0.2) is 24.3 Å². The van der Waals surface area contributed by atoms with E-state index >= 15 is 0 Å². The monoisotopic (exact) mass is 321 g/mol. The lowest BCUT2D eigenvalue weighted by Crippen LogP contribution is -2.16. The minimum absolute atomic E-state index is 0.213. The molecule has 1 fully saturated rings. The molecule has 100 valence electrons. The third-order valence-electron chi connectivity index (χ3n) is 3.44. The first-order valence-corrected chi connectivity index (χ1v) is 7.33. The average Bonchev–Trinajstić information content (AvgIpc) is 2.91. The molecule has 0 radical (unpaired) electrons. The van der Waals surface area contributed by atoms with Crippen LogP contribution in [0.1, 0.15) is 18.4 Å². The van der Waals surface area contributed by atoms with Crippen molar-refractivity contribution in [3.63, 3.8) is 0 Å². The number of hydrogen-bond donors (Lipinski definition) is 0. The summed E-state index contributed by atoms with van der Waals surface area (Å²) in [5, 5.41) is 2.22. The Labute approximate surface area is 121 Å². The van der Waals surface area contributed by atoms with Crippen molar-refractivity contribution in [3.8, 4) is 5.88 Å². The maximum atomic E-state index is 5.86. The molecule has 0 bridgehead atoms. The second kappa shape index (κ2) is 5.47. The van der Waals surface area contributed by atoms with Crippen LogP contribution in [0.3, 0.4) is 0 Å². The van der Waals surface area contributed by atoms with Crippen molar-refractivity contribution in [1.29, 1.82) is 0 Å². The van der Waals surface area contributed by atoms with Crippen LogP contribution in [-0.2, 0) is 4.74 Å². The standard InChI is InChI=1S/C15H16BrNO2/c1-10-8-17-15(19-9-11-4-3-7-18-11)12-5-2-6-13(16)14(10)12/h2,5-6,8,11H,3-4,7,9H2,1H3. The Balaban J connectivity index is 1.90. The predicted octanol–water partition coefficient (Wildman–Crippen LogP) is 3.86. The van der Waals surface area contributed by atoms with Crippen molar-refractivity contribution >= 4 is 26.7 Å². The molecule has 1 saturated heterocycles. The lowest BCUT2D eigenvalue weighted by atomic mass is 10.1. The number of fused-ring (bicyclic) bond motifs is 1. The van der Waals surface area contributed by atoms with Crippen LogP contribution < -0.4 is 4.74 Å². The zero-order valence-corrected chi connectivity index (χ0v) is 12.4. The molecule has 3 rings (SSSR count). The normalized spacial score (nSPS) is 18.9. The second-order valence-corrected chi connectivity index (χ2v) is 5.71. The Morgan fingerprint density at radius 1 is 1.47 bits per heavy atom. The van der Waals surface area contributed by atoms with Crippen LogP contribution in [0.15, 0.2) is 28.9 Å². The van der Waals surface area contributed by atoms with E-state index in [2.05, 4.69) is 27.8 Å². The van der Waals surface area contributed by atoms with Gasteiger partial charge in [0.25, 0.3) is 0 Å². The van der Waals surface area contributed by atoms with Crippen molar-refractivity contribution in [3.05, 3.63) is 34.4 Å². The van der Waals surface area contributed by atoms with Crippen LogP contribution in [0, 0.1) is 6.92 Å². The molecule has 3 nitrogen and oxygen atoms in total. The quantitative estimate of drug-likeness (QED) is 0.860.